The first-order valence-corrected chi connectivity index (χ1v) is 5.53. The highest BCUT2D eigenvalue weighted by atomic mass is 16.5. The van der Waals surface area contributed by atoms with E-state index in [1.165, 1.54) is 0 Å². The zero-order valence-electron chi connectivity index (χ0n) is 9.52. The van der Waals surface area contributed by atoms with Crippen molar-refractivity contribution >= 4 is 11.4 Å². The van der Waals surface area contributed by atoms with Crippen LogP contribution in [0.3, 0.4) is 0 Å². The summed E-state index contributed by atoms with van der Waals surface area (Å²) in [5, 5.41) is 9.31. The number of nitrogen functional groups attached to an aromatic ring is 1. The van der Waals surface area contributed by atoms with E-state index in [9.17, 15) is 5.11 Å². The number of morpholine rings is 1. The molecule has 1 fully saturated rings. The highest BCUT2D eigenvalue weighted by Gasteiger charge is 2.23. The number of hydrogen-bond donors (Lipinski definition) is 2. The van der Waals surface area contributed by atoms with E-state index in [0.717, 1.165) is 23.5 Å². The molecule has 0 aliphatic carbocycles. The molecule has 0 radical (unpaired) electrons. The maximum absolute atomic E-state index is 9.31. The second-order valence-corrected chi connectivity index (χ2v) is 4.17. The minimum Gasteiger partial charge on any atom is -0.397 e. The highest BCUT2D eigenvalue weighted by molar-refractivity contribution is 5.69. The molecule has 2 rings (SSSR count). The summed E-state index contributed by atoms with van der Waals surface area (Å²) in [5.41, 5.74) is 8.91. The standard InChI is InChI=1S/C12H18N2O2/c1-9-2-3-12(11(13)6-9)14-4-5-16-8-10(14)7-15/h2-3,6,10,15H,4-5,7-8,13H2,1H3. The number of hydrogen-bond acceptors (Lipinski definition) is 4. The minimum atomic E-state index is 0.0127. The lowest BCUT2D eigenvalue weighted by atomic mass is 10.1. The molecule has 88 valence electrons. The molecule has 0 aromatic heterocycles. The number of rotatable bonds is 2. The first kappa shape index (κ1) is 11.2. The molecular weight excluding hydrogens is 204 g/mol. The van der Waals surface area contributed by atoms with Crippen LogP contribution in [-0.4, -0.2) is 37.5 Å². The Bertz CT molecular complexity index is 368. The topological polar surface area (TPSA) is 58.7 Å². The molecule has 1 saturated heterocycles. The van der Waals surface area contributed by atoms with Gasteiger partial charge in [0.1, 0.15) is 0 Å². The lowest BCUT2D eigenvalue weighted by molar-refractivity contribution is 0.0728. The molecule has 1 aliphatic heterocycles. The van der Waals surface area contributed by atoms with Gasteiger partial charge >= 0.3 is 0 Å². The maximum atomic E-state index is 9.31. The van der Waals surface area contributed by atoms with E-state index in [0.29, 0.717) is 13.2 Å². The van der Waals surface area contributed by atoms with Gasteiger partial charge in [-0.25, -0.2) is 0 Å². The van der Waals surface area contributed by atoms with Crippen molar-refractivity contribution in [3.05, 3.63) is 23.8 Å². The summed E-state index contributed by atoms with van der Waals surface area (Å²) in [6.45, 7) is 4.13. The molecule has 16 heavy (non-hydrogen) atoms. The average molecular weight is 222 g/mol. The molecule has 1 heterocycles. The normalized spacial score (nSPS) is 21.1. The fourth-order valence-electron chi connectivity index (χ4n) is 2.06. The maximum Gasteiger partial charge on any atom is 0.0756 e. The van der Waals surface area contributed by atoms with Crippen molar-refractivity contribution in [2.75, 3.05) is 37.0 Å². The third-order valence-corrected chi connectivity index (χ3v) is 2.93. The Morgan fingerprint density at radius 1 is 1.56 bits per heavy atom. The Morgan fingerprint density at radius 3 is 3.06 bits per heavy atom. The van der Waals surface area contributed by atoms with E-state index in [-0.39, 0.29) is 12.6 Å². The SMILES string of the molecule is Cc1ccc(N2CCOCC2CO)c(N)c1. The fraction of sp³-hybridized carbons (Fsp3) is 0.500. The predicted octanol–water partition coefficient (Wildman–Crippen LogP) is 0.775. The summed E-state index contributed by atoms with van der Waals surface area (Å²) in [6.07, 6.45) is 0. The molecule has 0 saturated carbocycles. The van der Waals surface area contributed by atoms with Crippen molar-refractivity contribution in [2.24, 2.45) is 0 Å². The molecule has 4 heteroatoms. The van der Waals surface area contributed by atoms with Crippen molar-refractivity contribution in [1.29, 1.82) is 0 Å². The molecule has 1 aromatic rings. The van der Waals surface area contributed by atoms with Crippen LogP contribution in [0, 0.1) is 6.92 Å². The zero-order valence-corrected chi connectivity index (χ0v) is 9.52. The number of nitrogens with two attached hydrogens (primary N) is 1. The van der Waals surface area contributed by atoms with Crippen molar-refractivity contribution in [2.45, 2.75) is 13.0 Å². The molecule has 0 bridgehead atoms. The molecular formula is C12H18N2O2. The van der Waals surface area contributed by atoms with Gasteiger partial charge in [0.2, 0.25) is 0 Å². The van der Waals surface area contributed by atoms with Gasteiger partial charge in [-0.3, -0.25) is 0 Å². The Balaban J connectivity index is 2.27. The van der Waals surface area contributed by atoms with Crippen LogP contribution >= 0.6 is 0 Å². The first-order chi connectivity index (χ1) is 7.72. The molecule has 1 aromatic carbocycles. The minimum absolute atomic E-state index is 0.0127. The average Bonchev–Trinajstić information content (AvgIpc) is 2.29. The second-order valence-electron chi connectivity index (χ2n) is 4.17. The molecule has 1 unspecified atom stereocenters. The molecule has 4 nitrogen and oxygen atoms in total. The number of aliphatic hydroxyl groups is 1. The van der Waals surface area contributed by atoms with Crippen LogP contribution in [0.5, 0.6) is 0 Å². The number of aryl methyl sites for hydroxylation is 1. The first-order valence-electron chi connectivity index (χ1n) is 5.53. The molecule has 1 aliphatic rings. The quantitative estimate of drug-likeness (QED) is 0.726. The van der Waals surface area contributed by atoms with Gasteiger partial charge in [-0.1, -0.05) is 6.07 Å². The van der Waals surface area contributed by atoms with E-state index in [4.69, 9.17) is 10.5 Å². The fourth-order valence-corrected chi connectivity index (χ4v) is 2.06. The van der Waals surface area contributed by atoms with Crippen molar-refractivity contribution < 1.29 is 9.84 Å². The lowest BCUT2D eigenvalue weighted by Crippen LogP contribution is -2.47. The van der Waals surface area contributed by atoms with Crippen molar-refractivity contribution in [1.82, 2.24) is 0 Å². The van der Waals surface area contributed by atoms with Gasteiger partial charge in [0, 0.05) is 6.54 Å². The molecule has 0 spiro atoms. The number of benzene rings is 1. The highest BCUT2D eigenvalue weighted by Crippen LogP contribution is 2.27. The summed E-state index contributed by atoms with van der Waals surface area (Å²) in [7, 11) is 0. The van der Waals surface area contributed by atoms with Crippen LogP contribution in [0.1, 0.15) is 5.56 Å². The Morgan fingerprint density at radius 2 is 2.38 bits per heavy atom. The van der Waals surface area contributed by atoms with E-state index in [1.807, 2.05) is 25.1 Å². The monoisotopic (exact) mass is 222 g/mol. The number of ether oxygens (including phenoxy) is 1. The zero-order chi connectivity index (χ0) is 11.5. The molecule has 0 amide bonds. The smallest absolute Gasteiger partial charge is 0.0756 e. The van der Waals surface area contributed by atoms with Gasteiger partial charge in [0.25, 0.3) is 0 Å². The van der Waals surface area contributed by atoms with Gasteiger partial charge in [0.05, 0.1) is 37.2 Å². The Labute approximate surface area is 95.6 Å². The van der Waals surface area contributed by atoms with E-state index < -0.39 is 0 Å². The van der Waals surface area contributed by atoms with Crippen molar-refractivity contribution in [3.8, 4) is 0 Å². The van der Waals surface area contributed by atoms with Crippen LogP contribution in [0.25, 0.3) is 0 Å². The Kier molecular flexibility index (Phi) is 3.31. The summed E-state index contributed by atoms with van der Waals surface area (Å²) < 4.78 is 5.35. The van der Waals surface area contributed by atoms with Crippen LogP contribution in [-0.2, 0) is 4.74 Å². The largest absolute Gasteiger partial charge is 0.397 e. The number of aliphatic hydroxyl groups excluding tert-OH is 1. The third-order valence-electron chi connectivity index (χ3n) is 2.93. The van der Waals surface area contributed by atoms with Crippen molar-refractivity contribution in [3.63, 3.8) is 0 Å². The summed E-state index contributed by atoms with van der Waals surface area (Å²) in [4.78, 5) is 2.12. The summed E-state index contributed by atoms with van der Waals surface area (Å²) in [5.74, 6) is 0. The summed E-state index contributed by atoms with van der Waals surface area (Å²) in [6, 6.07) is 6.02. The van der Waals surface area contributed by atoms with E-state index in [1.54, 1.807) is 0 Å². The van der Waals surface area contributed by atoms with E-state index >= 15 is 0 Å². The number of nitrogens with zero attached hydrogens (tertiary/aromatic N) is 1. The second kappa shape index (κ2) is 4.72. The molecule has 1 atom stereocenters. The van der Waals surface area contributed by atoms with Gasteiger partial charge in [-0.2, -0.15) is 0 Å². The van der Waals surface area contributed by atoms with E-state index in [2.05, 4.69) is 4.90 Å². The van der Waals surface area contributed by atoms with Gasteiger partial charge < -0.3 is 20.5 Å². The third kappa shape index (κ3) is 2.13. The van der Waals surface area contributed by atoms with Gasteiger partial charge in [-0.05, 0) is 24.6 Å². The Hall–Kier alpha value is -1.26. The van der Waals surface area contributed by atoms with Crippen LogP contribution in [0.15, 0.2) is 18.2 Å². The lowest BCUT2D eigenvalue weighted by Gasteiger charge is -2.37. The van der Waals surface area contributed by atoms with Gasteiger partial charge in [0.15, 0.2) is 0 Å². The van der Waals surface area contributed by atoms with Crippen LogP contribution in [0.2, 0.25) is 0 Å². The van der Waals surface area contributed by atoms with Crippen LogP contribution < -0.4 is 10.6 Å². The molecule has 3 N–H and O–H groups in total. The number of anilines is 2. The predicted molar refractivity (Wildman–Crippen MR) is 64.6 cm³/mol. The van der Waals surface area contributed by atoms with Crippen LogP contribution in [0.4, 0.5) is 11.4 Å². The van der Waals surface area contributed by atoms with Gasteiger partial charge in [-0.15, -0.1) is 0 Å². The summed E-state index contributed by atoms with van der Waals surface area (Å²) >= 11 is 0.